The molecule has 3 nitrogen and oxygen atoms in total. The van der Waals surface area contributed by atoms with Gasteiger partial charge in [0.15, 0.2) is 0 Å². The third kappa shape index (κ3) is 2.90. The highest BCUT2D eigenvalue weighted by Gasteiger charge is 2.07. The van der Waals surface area contributed by atoms with Crippen molar-refractivity contribution in [3.63, 3.8) is 0 Å². The van der Waals surface area contributed by atoms with E-state index in [0.29, 0.717) is 12.2 Å². The predicted molar refractivity (Wildman–Crippen MR) is 68.6 cm³/mol. The van der Waals surface area contributed by atoms with E-state index in [1.54, 1.807) is 12.3 Å². The number of nitrogens with zero attached hydrogens (tertiary/aromatic N) is 2. The van der Waals surface area contributed by atoms with Crippen molar-refractivity contribution >= 4 is 0 Å². The van der Waals surface area contributed by atoms with Gasteiger partial charge in [0.05, 0.1) is 0 Å². The van der Waals surface area contributed by atoms with Gasteiger partial charge in [0.2, 0.25) is 0 Å². The lowest BCUT2D eigenvalue weighted by Gasteiger charge is -2.09. The molecule has 1 atom stereocenters. The Balaban J connectivity index is 2.23. The number of halogens is 1. The molecule has 1 aromatic heterocycles. The molecule has 2 N–H and O–H groups in total. The predicted octanol–water partition coefficient (Wildman–Crippen LogP) is 2.53. The minimum absolute atomic E-state index is 0.0757. The van der Waals surface area contributed by atoms with E-state index in [4.69, 9.17) is 5.73 Å². The van der Waals surface area contributed by atoms with Crippen LogP contribution in [0.3, 0.4) is 0 Å². The Hall–Kier alpha value is -1.81. The highest BCUT2D eigenvalue weighted by Crippen LogP contribution is 2.14. The molecule has 2 rings (SSSR count). The lowest BCUT2D eigenvalue weighted by molar-refractivity contribution is 0.625. The molecule has 1 heterocycles. The third-order valence-corrected chi connectivity index (χ3v) is 2.81. The summed E-state index contributed by atoms with van der Waals surface area (Å²) < 4.78 is 13.1. The molecule has 4 heteroatoms. The van der Waals surface area contributed by atoms with Crippen LogP contribution in [-0.4, -0.2) is 9.97 Å². The average Bonchev–Trinajstić information content (AvgIpc) is 2.28. The van der Waals surface area contributed by atoms with Crippen LogP contribution >= 0.6 is 0 Å². The van der Waals surface area contributed by atoms with E-state index >= 15 is 0 Å². The third-order valence-electron chi connectivity index (χ3n) is 2.81. The Morgan fingerprint density at radius 2 is 2.17 bits per heavy atom. The van der Waals surface area contributed by atoms with Crippen LogP contribution in [0.15, 0.2) is 30.5 Å². The first-order valence-corrected chi connectivity index (χ1v) is 5.88. The van der Waals surface area contributed by atoms with Crippen LogP contribution in [0.4, 0.5) is 4.39 Å². The molecular formula is C14H16FN3. The summed E-state index contributed by atoms with van der Waals surface area (Å²) in [5, 5.41) is 0. The summed E-state index contributed by atoms with van der Waals surface area (Å²) in [5.74, 6) is 0.443. The van der Waals surface area contributed by atoms with E-state index < -0.39 is 0 Å². The van der Waals surface area contributed by atoms with Crippen LogP contribution in [0.25, 0.3) is 0 Å². The second kappa shape index (κ2) is 5.23. The molecule has 0 aliphatic carbocycles. The van der Waals surface area contributed by atoms with Gasteiger partial charge < -0.3 is 5.73 Å². The standard InChI is InChI=1S/C14H16FN3/c1-9(16)13-8-17-14(18-10(13)2)7-11-4-3-5-12(15)6-11/h3-6,8-9H,7,16H2,1-2H3/t9-/m0/s1. The number of aryl methyl sites for hydroxylation is 1. The van der Waals surface area contributed by atoms with Crippen molar-refractivity contribution in [1.82, 2.24) is 9.97 Å². The van der Waals surface area contributed by atoms with Crippen molar-refractivity contribution in [2.45, 2.75) is 26.3 Å². The number of aromatic nitrogens is 2. The fourth-order valence-corrected chi connectivity index (χ4v) is 1.89. The topological polar surface area (TPSA) is 51.8 Å². The largest absolute Gasteiger partial charge is 0.324 e. The van der Waals surface area contributed by atoms with Crippen molar-refractivity contribution in [3.05, 3.63) is 58.9 Å². The van der Waals surface area contributed by atoms with Crippen molar-refractivity contribution < 1.29 is 4.39 Å². The number of rotatable bonds is 3. The molecule has 1 aromatic carbocycles. The average molecular weight is 245 g/mol. The Morgan fingerprint density at radius 1 is 1.39 bits per heavy atom. The SMILES string of the molecule is Cc1nc(Cc2cccc(F)c2)ncc1[C@H](C)N. The highest BCUT2D eigenvalue weighted by atomic mass is 19.1. The van der Waals surface area contributed by atoms with Gasteiger partial charge in [-0.1, -0.05) is 12.1 Å². The summed E-state index contributed by atoms with van der Waals surface area (Å²) in [4.78, 5) is 8.68. The smallest absolute Gasteiger partial charge is 0.132 e. The van der Waals surface area contributed by atoms with Crippen molar-refractivity contribution in [2.75, 3.05) is 0 Å². The summed E-state index contributed by atoms with van der Waals surface area (Å²) in [7, 11) is 0. The second-order valence-corrected chi connectivity index (χ2v) is 4.42. The number of nitrogens with two attached hydrogens (primary N) is 1. The van der Waals surface area contributed by atoms with Crippen molar-refractivity contribution in [2.24, 2.45) is 5.73 Å². The summed E-state index contributed by atoms with van der Waals surface area (Å²) in [5.41, 5.74) is 8.49. The molecule has 0 saturated heterocycles. The van der Waals surface area contributed by atoms with E-state index in [0.717, 1.165) is 16.8 Å². The molecule has 0 bridgehead atoms. The molecule has 2 aromatic rings. The molecule has 0 unspecified atom stereocenters. The minimum atomic E-state index is -0.239. The Kier molecular flexibility index (Phi) is 3.67. The van der Waals surface area contributed by atoms with Gasteiger partial charge in [-0.2, -0.15) is 0 Å². The number of hydrogen-bond acceptors (Lipinski definition) is 3. The van der Waals surface area contributed by atoms with Crippen LogP contribution in [0.1, 0.15) is 35.6 Å². The van der Waals surface area contributed by atoms with Gasteiger partial charge in [0.1, 0.15) is 11.6 Å². The molecule has 0 aliphatic heterocycles. The van der Waals surface area contributed by atoms with E-state index in [2.05, 4.69) is 9.97 Å². The maximum atomic E-state index is 13.1. The van der Waals surface area contributed by atoms with Crippen molar-refractivity contribution in [3.8, 4) is 0 Å². The molecule has 0 radical (unpaired) electrons. The molecule has 18 heavy (non-hydrogen) atoms. The first kappa shape index (κ1) is 12.6. The van der Waals surface area contributed by atoms with Gasteiger partial charge in [0, 0.05) is 29.9 Å². The normalized spacial score (nSPS) is 12.4. The van der Waals surface area contributed by atoms with Gasteiger partial charge >= 0.3 is 0 Å². The summed E-state index contributed by atoms with van der Waals surface area (Å²) in [6, 6.07) is 6.40. The second-order valence-electron chi connectivity index (χ2n) is 4.42. The first-order chi connectivity index (χ1) is 8.56. The lowest BCUT2D eigenvalue weighted by Crippen LogP contribution is -2.10. The minimum Gasteiger partial charge on any atom is -0.324 e. The maximum absolute atomic E-state index is 13.1. The monoisotopic (exact) mass is 245 g/mol. The zero-order valence-electron chi connectivity index (χ0n) is 10.5. The Bertz CT molecular complexity index is 552. The zero-order chi connectivity index (χ0) is 13.1. The van der Waals surface area contributed by atoms with E-state index in [9.17, 15) is 4.39 Å². The lowest BCUT2D eigenvalue weighted by atomic mass is 10.1. The first-order valence-electron chi connectivity index (χ1n) is 5.88. The molecule has 0 saturated carbocycles. The van der Waals surface area contributed by atoms with Crippen LogP contribution in [0.2, 0.25) is 0 Å². The van der Waals surface area contributed by atoms with E-state index in [-0.39, 0.29) is 11.9 Å². The van der Waals surface area contributed by atoms with E-state index in [1.807, 2.05) is 19.9 Å². The van der Waals surface area contributed by atoms with Gasteiger partial charge in [0.25, 0.3) is 0 Å². The summed E-state index contributed by atoms with van der Waals surface area (Å²) in [6.45, 7) is 3.81. The van der Waals surface area contributed by atoms with E-state index in [1.165, 1.54) is 12.1 Å². The molecule has 0 aliphatic rings. The number of hydrogen-bond donors (Lipinski definition) is 1. The molecule has 0 fully saturated rings. The Labute approximate surface area is 106 Å². The van der Waals surface area contributed by atoms with Gasteiger partial charge in [-0.25, -0.2) is 14.4 Å². The van der Waals surface area contributed by atoms with Crippen LogP contribution in [0, 0.1) is 12.7 Å². The van der Waals surface area contributed by atoms with Gasteiger partial charge in [-0.15, -0.1) is 0 Å². The van der Waals surface area contributed by atoms with Gasteiger partial charge in [-0.05, 0) is 31.5 Å². The van der Waals surface area contributed by atoms with Crippen LogP contribution in [-0.2, 0) is 6.42 Å². The molecule has 0 spiro atoms. The van der Waals surface area contributed by atoms with Gasteiger partial charge in [-0.3, -0.25) is 0 Å². The number of benzene rings is 1. The molecular weight excluding hydrogens is 229 g/mol. The summed E-state index contributed by atoms with van der Waals surface area (Å²) in [6.07, 6.45) is 2.28. The fourth-order valence-electron chi connectivity index (χ4n) is 1.89. The highest BCUT2D eigenvalue weighted by molar-refractivity contribution is 5.23. The quantitative estimate of drug-likeness (QED) is 0.904. The zero-order valence-corrected chi connectivity index (χ0v) is 10.5. The van der Waals surface area contributed by atoms with Crippen LogP contribution < -0.4 is 5.73 Å². The fraction of sp³-hybridized carbons (Fsp3) is 0.286. The van der Waals surface area contributed by atoms with Crippen LogP contribution in [0.5, 0.6) is 0 Å². The summed E-state index contributed by atoms with van der Waals surface area (Å²) >= 11 is 0. The molecule has 94 valence electrons. The Morgan fingerprint density at radius 3 is 2.78 bits per heavy atom. The van der Waals surface area contributed by atoms with Crippen molar-refractivity contribution in [1.29, 1.82) is 0 Å². The molecule has 0 amide bonds. The maximum Gasteiger partial charge on any atom is 0.132 e.